The van der Waals surface area contributed by atoms with E-state index in [4.69, 9.17) is 5.11 Å². The van der Waals surface area contributed by atoms with Crippen LogP contribution in [-0.4, -0.2) is 29.8 Å². The van der Waals surface area contributed by atoms with Gasteiger partial charge in [-0.15, -0.1) is 0 Å². The van der Waals surface area contributed by atoms with Crippen molar-refractivity contribution in [1.29, 1.82) is 0 Å². The lowest BCUT2D eigenvalue weighted by molar-refractivity contribution is -0.160. The van der Waals surface area contributed by atoms with Gasteiger partial charge in [0.25, 0.3) is 0 Å². The molecule has 0 aromatic rings. The Hall–Kier alpha value is -1.52. The van der Waals surface area contributed by atoms with Gasteiger partial charge in [-0.1, -0.05) is 0 Å². The highest BCUT2D eigenvalue weighted by molar-refractivity contribution is 5.93. The summed E-state index contributed by atoms with van der Waals surface area (Å²) in [5.74, 6) is -2.11. The minimum absolute atomic E-state index is 0.210. The zero-order chi connectivity index (χ0) is 9.14. The van der Waals surface area contributed by atoms with Gasteiger partial charge in [-0.25, -0.2) is 9.59 Å². The van der Waals surface area contributed by atoms with Crippen LogP contribution in [0, 0.1) is 0 Å². The van der Waals surface area contributed by atoms with Gasteiger partial charge in [0.2, 0.25) is 11.9 Å². The van der Waals surface area contributed by atoms with Gasteiger partial charge >= 0.3 is 11.9 Å². The monoisotopic (exact) mass is 172 g/mol. The number of carbonyl (C=O) groups excluding carboxylic acids is 2. The highest BCUT2D eigenvalue weighted by atomic mass is 16.6. The fourth-order valence-electron chi connectivity index (χ4n) is 0.762. The number of carbonyl (C=O) groups is 2. The molecule has 1 aliphatic rings. The van der Waals surface area contributed by atoms with Crippen LogP contribution < -0.4 is 0 Å². The van der Waals surface area contributed by atoms with Crippen LogP contribution in [0.1, 0.15) is 6.92 Å². The molecule has 1 rings (SSSR count). The second kappa shape index (κ2) is 3.25. The van der Waals surface area contributed by atoms with Crippen molar-refractivity contribution < 1.29 is 24.2 Å². The molecule has 66 valence electrons. The van der Waals surface area contributed by atoms with Crippen LogP contribution in [0.4, 0.5) is 0 Å². The lowest BCUT2D eigenvalue weighted by atomic mass is 10.3. The van der Waals surface area contributed by atoms with E-state index in [1.54, 1.807) is 6.92 Å². The quantitative estimate of drug-likeness (QED) is 0.589. The Morgan fingerprint density at radius 1 is 1.83 bits per heavy atom. The van der Waals surface area contributed by atoms with E-state index in [-0.39, 0.29) is 6.61 Å². The molecule has 1 unspecified atom stereocenters. The molecule has 1 atom stereocenters. The van der Waals surface area contributed by atoms with Crippen LogP contribution >= 0.6 is 0 Å². The van der Waals surface area contributed by atoms with Crippen molar-refractivity contribution in [1.82, 2.24) is 0 Å². The number of esters is 2. The highest BCUT2D eigenvalue weighted by Gasteiger charge is 2.31. The minimum Gasteiger partial charge on any atom is -0.502 e. The molecule has 0 fully saturated rings. The maximum atomic E-state index is 10.9. The van der Waals surface area contributed by atoms with Gasteiger partial charge in [-0.2, -0.15) is 0 Å². The van der Waals surface area contributed by atoms with Gasteiger partial charge in [-0.05, 0) is 6.92 Å². The molecule has 1 heterocycles. The second-order valence-electron chi connectivity index (χ2n) is 2.13. The summed E-state index contributed by atoms with van der Waals surface area (Å²) in [6.45, 7) is 1.85. The predicted octanol–water partition coefficient (Wildman–Crippen LogP) is -0.0832. The fraction of sp³-hybridized carbons (Fsp3) is 0.429. The summed E-state index contributed by atoms with van der Waals surface area (Å²) in [7, 11) is 0. The van der Waals surface area contributed by atoms with Crippen molar-refractivity contribution in [3.63, 3.8) is 0 Å². The predicted molar refractivity (Wildman–Crippen MR) is 37.2 cm³/mol. The first-order valence-corrected chi connectivity index (χ1v) is 3.43. The molecule has 0 amide bonds. The van der Waals surface area contributed by atoms with E-state index in [1.165, 1.54) is 0 Å². The molecule has 1 N–H and O–H groups in total. The number of rotatable bonds is 2. The van der Waals surface area contributed by atoms with Crippen molar-refractivity contribution in [2.75, 3.05) is 6.61 Å². The molecule has 0 saturated carbocycles. The standard InChI is InChI=1S/C7H8O5/c1-2-11-7(10)5-3-4(8)6(9)12-5/h3,5,8H,2H2,1H3. The molecular formula is C7H8O5. The summed E-state index contributed by atoms with van der Waals surface area (Å²) in [6, 6.07) is 0. The minimum atomic E-state index is -1.09. The summed E-state index contributed by atoms with van der Waals surface area (Å²) < 4.78 is 8.98. The van der Waals surface area contributed by atoms with Crippen LogP contribution in [0.5, 0.6) is 0 Å². The topological polar surface area (TPSA) is 72.8 Å². The summed E-state index contributed by atoms with van der Waals surface area (Å²) in [5.41, 5.74) is 0. The van der Waals surface area contributed by atoms with Gasteiger partial charge in [0.05, 0.1) is 6.61 Å². The summed E-state index contributed by atoms with van der Waals surface area (Å²) in [6.07, 6.45) is -0.0715. The Bertz CT molecular complexity index is 242. The van der Waals surface area contributed by atoms with Crippen molar-refractivity contribution in [3.8, 4) is 0 Å². The smallest absolute Gasteiger partial charge is 0.374 e. The number of hydrogen-bond donors (Lipinski definition) is 1. The number of aliphatic hydroxyl groups excluding tert-OH is 1. The number of hydrogen-bond acceptors (Lipinski definition) is 5. The Labute approximate surface area is 68.6 Å². The van der Waals surface area contributed by atoms with Crippen molar-refractivity contribution in [2.45, 2.75) is 13.0 Å². The third kappa shape index (κ3) is 1.55. The van der Waals surface area contributed by atoms with Crippen LogP contribution in [0.15, 0.2) is 11.8 Å². The van der Waals surface area contributed by atoms with Gasteiger partial charge < -0.3 is 14.6 Å². The maximum Gasteiger partial charge on any atom is 0.374 e. The Kier molecular flexibility index (Phi) is 2.32. The molecule has 0 aliphatic carbocycles. The fourth-order valence-corrected chi connectivity index (χ4v) is 0.762. The van der Waals surface area contributed by atoms with E-state index < -0.39 is 23.8 Å². The Morgan fingerprint density at radius 3 is 2.92 bits per heavy atom. The Morgan fingerprint density at radius 2 is 2.50 bits per heavy atom. The molecule has 0 aromatic heterocycles. The van der Waals surface area contributed by atoms with Gasteiger partial charge in [0, 0.05) is 6.08 Å². The average Bonchev–Trinajstić information content (AvgIpc) is 2.33. The zero-order valence-electron chi connectivity index (χ0n) is 6.44. The third-order valence-corrected chi connectivity index (χ3v) is 1.27. The van der Waals surface area contributed by atoms with Crippen molar-refractivity contribution in [3.05, 3.63) is 11.8 Å². The largest absolute Gasteiger partial charge is 0.502 e. The summed E-state index contributed by atoms with van der Waals surface area (Å²) in [4.78, 5) is 21.4. The molecule has 0 spiro atoms. The van der Waals surface area contributed by atoms with E-state index in [0.717, 1.165) is 6.08 Å². The second-order valence-corrected chi connectivity index (χ2v) is 2.13. The van der Waals surface area contributed by atoms with E-state index in [0.29, 0.717) is 0 Å². The lowest BCUT2D eigenvalue weighted by Gasteiger charge is -2.05. The van der Waals surface area contributed by atoms with Gasteiger partial charge in [0.15, 0.2) is 0 Å². The number of ether oxygens (including phenoxy) is 2. The molecule has 5 nitrogen and oxygen atoms in total. The lowest BCUT2D eigenvalue weighted by Crippen LogP contribution is -2.22. The zero-order valence-corrected chi connectivity index (χ0v) is 6.44. The first-order chi connectivity index (χ1) is 5.65. The first kappa shape index (κ1) is 8.58. The highest BCUT2D eigenvalue weighted by Crippen LogP contribution is 2.11. The molecular weight excluding hydrogens is 164 g/mol. The summed E-state index contributed by atoms with van der Waals surface area (Å²) in [5, 5.41) is 8.76. The molecule has 5 heteroatoms. The third-order valence-electron chi connectivity index (χ3n) is 1.27. The van der Waals surface area contributed by atoms with Gasteiger partial charge in [0.1, 0.15) is 0 Å². The summed E-state index contributed by atoms with van der Waals surface area (Å²) >= 11 is 0. The molecule has 0 radical (unpaired) electrons. The maximum absolute atomic E-state index is 10.9. The van der Waals surface area contributed by atoms with Crippen LogP contribution in [0.3, 0.4) is 0 Å². The van der Waals surface area contributed by atoms with E-state index in [2.05, 4.69) is 9.47 Å². The molecule has 0 aromatic carbocycles. The van der Waals surface area contributed by atoms with Gasteiger partial charge in [-0.3, -0.25) is 0 Å². The van der Waals surface area contributed by atoms with Crippen molar-refractivity contribution >= 4 is 11.9 Å². The molecule has 1 aliphatic heterocycles. The van der Waals surface area contributed by atoms with E-state index in [1.807, 2.05) is 0 Å². The van der Waals surface area contributed by atoms with Crippen LogP contribution in [-0.2, 0) is 19.1 Å². The molecule has 12 heavy (non-hydrogen) atoms. The SMILES string of the molecule is CCOC(=O)C1C=C(O)C(=O)O1. The normalized spacial score (nSPS) is 21.6. The van der Waals surface area contributed by atoms with Crippen LogP contribution in [0.25, 0.3) is 0 Å². The molecule has 0 saturated heterocycles. The van der Waals surface area contributed by atoms with Crippen molar-refractivity contribution in [2.24, 2.45) is 0 Å². The average molecular weight is 172 g/mol. The van der Waals surface area contributed by atoms with E-state index >= 15 is 0 Å². The first-order valence-electron chi connectivity index (χ1n) is 3.43. The Balaban J connectivity index is 2.57. The number of aliphatic hydroxyl groups is 1. The number of cyclic esters (lactones) is 1. The van der Waals surface area contributed by atoms with Crippen LogP contribution in [0.2, 0.25) is 0 Å². The molecule has 0 bridgehead atoms. The van der Waals surface area contributed by atoms with E-state index in [9.17, 15) is 9.59 Å².